The van der Waals surface area contributed by atoms with Gasteiger partial charge in [-0.3, -0.25) is 0 Å². The summed E-state index contributed by atoms with van der Waals surface area (Å²) >= 11 is 2.24. The summed E-state index contributed by atoms with van der Waals surface area (Å²) in [6.45, 7) is 9.76. The van der Waals surface area contributed by atoms with Crippen LogP contribution in [0.2, 0.25) is 0 Å². The summed E-state index contributed by atoms with van der Waals surface area (Å²) in [7, 11) is 0. The van der Waals surface area contributed by atoms with Crippen molar-refractivity contribution < 1.29 is 9.53 Å². The summed E-state index contributed by atoms with van der Waals surface area (Å²) < 4.78 is 6.45. The second-order valence-electron chi connectivity index (χ2n) is 6.16. The molecule has 1 aromatic heterocycles. The van der Waals surface area contributed by atoms with E-state index in [0.717, 1.165) is 15.9 Å². The first-order valence-corrected chi connectivity index (χ1v) is 8.06. The molecule has 1 atom stereocenters. The van der Waals surface area contributed by atoms with Crippen LogP contribution in [0.4, 0.5) is 10.6 Å². The fraction of sp³-hybridized carbons (Fsp3) is 0.643. The van der Waals surface area contributed by atoms with Crippen molar-refractivity contribution in [2.45, 2.75) is 39.3 Å². The van der Waals surface area contributed by atoms with Gasteiger partial charge in [-0.15, -0.1) is 0 Å². The summed E-state index contributed by atoms with van der Waals surface area (Å²) in [4.78, 5) is 24.5. The summed E-state index contributed by atoms with van der Waals surface area (Å²) in [6.07, 6.45) is 3.12. The number of halogens is 1. The molecular weight excluding hydrogens is 383 g/mol. The Kier molecular flexibility index (Phi) is 4.90. The molecule has 1 aliphatic heterocycles. The summed E-state index contributed by atoms with van der Waals surface area (Å²) in [5.74, 6) is 0.932. The van der Waals surface area contributed by atoms with Crippen molar-refractivity contribution in [1.82, 2.24) is 14.9 Å². The van der Waals surface area contributed by atoms with Crippen LogP contribution in [0, 0.1) is 3.57 Å². The van der Waals surface area contributed by atoms with Crippen molar-refractivity contribution in [3.63, 3.8) is 0 Å². The van der Waals surface area contributed by atoms with Crippen LogP contribution in [0.15, 0.2) is 12.5 Å². The van der Waals surface area contributed by atoms with Crippen molar-refractivity contribution in [2.75, 3.05) is 24.5 Å². The molecule has 0 spiro atoms. The third-order valence-corrected chi connectivity index (χ3v) is 3.96. The van der Waals surface area contributed by atoms with Crippen molar-refractivity contribution in [3.05, 3.63) is 16.1 Å². The van der Waals surface area contributed by atoms with Gasteiger partial charge >= 0.3 is 6.09 Å². The molecular formula is C14H21IN4O2. The van der Waals surface area contributed by atoms with Gasteiger partial charge in [0.05, 0.1) is 3.57 Å². The molecule has 0 saturated carbocycles. The molecule has 2 rings (SSSR count). The Hall–Kier alpha value is -1.12. The minimum atomic E-state index is -0.459. The highest BCUT2D eigenvalue weighted by Gasteiger charge is 2.31. The van der Waals surface area contributed by atoms with Crippen LogP contribution >= 0.6 is 22.6 Å². The van der Waals surface area contributed by atoms with Crippen LogP contribution in [0.3, 0.4) is 0 Å². The monoisotopic (exact) mass is 404 g/mol. The molecule has 1 aliphatic rings. The molecule has 1 fully saturated rings. The second-order valence-corrected chi connectivity index (χ2v) is 7.33. The van der Waals surface area contributed by atoms with E-state index < -0.39 is 5.60 Å². The molecule has 116 valence electrons. The van der Waals surface area contributed by atoms with E-state index in [4.69, 9.17) is 4.74 Å². The van der Waals surface area contributed by atoms with Crippen molar-refractivity contribution in [1.29, 1.82) is 0 Å². The number of carbonyl (C=O) groups is 1. The predicted molar refractivity (Wildman–Crippen MR) is 89.4 cm³/mol. The van der Waals surface area contributed by atoms with Gasteiger partial charge < -0.3 is 14.5 Å². The Morgan fingerprint density at radius 2 is 2.14 bits per heavy atom. The van der Waals surface area contributed by atoms with Gasteiger partial charge in [-0.05, 0) is 50.3 Å². The Balaban J connectivity index is 2.03. The Bertz CT molecular complexity index is 518. The van der Waals surface area contributed by atoms with Crippen LogP contribution in [-0.2, 0) is 4.74 Å². The molecule has 0 bridgehead atoms. The first-order valence-electron chi connectivity index (χ1n) is 6.98. The Labute approximate surface area is 139 Å². The van der Waals surface area contributed by atoms with E-state index in [-0.39, 0.29) is 12.1 Å². The van der Waals surface area contributed by atoms with Gasteiger partial charge in [0.15, 0.2) is 0 Å². The summed E-state index contributed by atoms with van der Waals surface area (Å²) in [5, 5.41) is 0. The molecule has 0 aliphatic carbocycles. The van der Waals surface area contributed by atoms with E-state index in [1.807, 2.05) is 20.8 Å². The maximum atomic E-state index is 12.1. The minimum absolute atomic E-state index is 0.190. The number of piperazine rings is 1. The first-order chi connectivity index (χ1) is 9.78. The van der Waals surface area contributed by atoms with Gasteiger partial charge in [0.2, 0.25) is 0 Å². The second kappa shape index (κ2) is 6.33. The topological polar surface area (TPSA) is 58.6 Å². The zero-order valence-electron chi connectivity index (χ0n) is 12.8. The van der Waals surface area contributed by atoms with Crippen molar-refractivity contribution in [3.8, 4) is 0 Å². The molecule has 1 aromatic rings. The third kappa shape index (κ3) is 4.18. The lowest BCUT2D eigenvalue weighted by Gasteiger charge is -2.41. The van der Waals surface area contributed by atoms with Crippen LogP contribution in [0.5, 0.6) is 0 Å². The Morgan fingerprint density at radius 1 is 1.43 bits per heavy atom. The van der Waals surface area contributed by atoms with Gasteiger partial charge in [-0.1, -0.05) is 0 Å². The van der Waals surface area contributed by atoms with Crippen molar-refractivity contribution >= 4 is 34.5 Å². The van der Waals surface area contributed by atoms with E-state index in [2.05, 4.69) is 44.4 Å². The molecule has 0 radical (unpaired) electrons. The number of anilines is 1. The largest absolute Gasteiger partial charge is 0.444 e. The first kappa shape index (κ1) is 16.3. The molecule has 0 unspecified atom stereocenters. The van der Waals surface area contributed by atoms with Crippen molar-refractivity contribution in [2.24, 2.45) is 0 Å². The lowest BCUT2D eigenvalue weighted by Crippen LogP contribution is -2.55. The molecule has 0 N–H and O–H groups in total. The smallest absolute Gasteiger partial charge is 0.410 e. The number of hydrogen-bond donors (Lipinski definition) is 0. The van der Waals surface area contributed by atoms with E-state index in [1.165, 1.54) is 0 Å². The number of hydrogen-bond acceptors (Lipinski definition) is 5. The zero-order chi connectivity index (χ0) is 15.6. The maximum absolute atomic E-state index is 12.1. The lowest BCUT2D eigenvalue weighted by molar-refractivity contribution is 0.0218. The molecule has 2 heterocycles. The SMILES string of the molecule is C[C@@H]1CN(C(=O)OC(C)(C)C)CCN1c1ncncc1I. The van der Waals surface area contributed by atoms with Crippen LogP contribution < -0.4 is 4.90 Å². The van der Waals surface area contributed by atoms with Gasteiger partial charge in [0.1, 0.15) is 17.7 Å². The van der Waals surface area contributed by atoms with Gasteiger partial charge in [0.25, 0.3) is 0 Å². The fourth-order valence-electron chi connectivity index (χ4n) is 2.28. The van der Waals surface area contributed by atoms with Crippen LogP contribution in [0.25, 0.3) is 0 Å². The zero-order valence-corrected chi connectivity index (χ0v) is 15.0. The number of rotatable bonds is 1. The van der Waals surface area contributed by atoms with E-state index in [0.29, 0.717) is 13.1 Å². The molecule has 1 saturated heterocycles. The minimum Gasteiger partial charge on any atom is -0.444 e. The number of nitrogens with zero attached hydrogens (tertiary/aromatic N) is 4. The van der Waals surface area contributed by atoms with Gasteiger partial charge in [-0.25, -0.2) is 14.8 Å². The number of aromatic nitrogens is 2. The molecule has 0 aromatic carbocycles. The maximum Gasteiger partial charge on any atom is 0.410 e. The fourth-order valence-corrected chi connectivity index (χ4v) is 2.89. The van der Waals surface area contributed by atoms with E-state index >= 15 is 0 Å². The van der Waals surface area contributed by atoms with E-state index in [9.17, 15) is 4.79 Å². The molecule has 21 heavy (non-hydrogen) atoms. The highest BCUT2D eigenvalue weighted by molar-refractivity contribution is 14.1. The summed E-state index contributed by atoms with van der Waals surface area (Å²) in [5.41, 5.74) is -0.459. The normalized spacial score (nSPS) is 19.6. The predicted octanol–water partition coefficient (Wildman–Crippen LogP) is 2.53. The standard InChI is InChI=1S/C14H21IN4O2/c1-10-8-18(13(20)21-14(2,3)4)5-6-19(10)12-11(15)7-16-9-17-12/h7,9-10H,5-6,8H2,1-4H3/t10-/m1/s1. The highest BCUT2D eigenvalue weighted by atomic mass is 127. The highest BCUT2D eigenvalue weighted by Crippen LogP contribution is 2.23. The van der Waals surface area contributed by atoms with Crippen LogP contribution in [0.1, 0.15) is 27.7 Å². The average Bonchev–Trinajstić information content (AvgIpc) is 2.38. The number of carbonyl (C=O) groups excluding carboxylic acids is 1. The van der Waals surface area contributed by atoms with Gasteiger partial charge in [0, 0.05) is 31.9 Å². The van der Waals surface area contributed by atoms with E-state index in [1.54, 1.807) is 17.4 Å². The number of amides is 1. The summed E-state index contributed by atoms with van der Waals surface area (Å²) in [6, 6.07) is 0.190. The molecule has 6 nitrogen and oxygen atoms in total. The van der Waals surface area contributed by atoms with Gasteiger partial charge in [-0.2, -0.15) is 0 Å². The Morgan fingerprint density at radius 3 is 2.71 bits per heavy atom. The average molecular weight is 404 g/mol. The molecule has 7 heteroatoms. The molecule has 1 amide bonds. The third-order valence-electron chi connectivity index (χ3n) is 3.20. The lowest BCUT2D eigenvalue weighted by atomic mass is 10.2. The number of ether oxygens (including phenoxy) is 1. The van der Waals surface area contributed by atoms with Crippen LogP contribution in [-0.4, -0.2) is 52.2 Å². The quantitative estimate of drug-likeness (QED) is 0.674.